The molecule has 4 atom stereocenters. The zero-order valence-corrected chi connectivity index (χ0v) is 23.4. The third kappa shape index (κ3) is 5.70. The predicted molar refractivity (Wildman–Crippen MR) is 148 cm³/mol. The number of aryl methyl sites for hydroxylation is 1. The van der Waals surface area contributed by atoms with E-state index in [1.54, 1.807) is 41.4 Å². The average Bonchev–Trinajstić information content (AvgIpc) is 3.73. The molecular formula is C28H35N9O4. The first-order chi connectivity index (χ1) is 19.8. The quantitative estimate of drug-likeness (QED) is 0.327. The van der Waals surface area contributed by atoms with Gasteiger partial charge >= 0.3 is 0 Å². The lowest BCUT2D eigenvalue weighted by Crippen LogP contribution is -2.58. The average molecular weight is 562 g/mol. The van der Waals surface area contributed by atoms with Crippen molar-refractivity contribution in [2.45, 2.75) is 70.7 Å². The molecule has 3 aromatic rings. The molecule has 2 aliphatic rings. The van der Waals surface area contributed by atoms with Gasteiger partial charge in [0.05, 0.1) is 18.6 Å². The van der Waals surface area contributed by atoms with Gasteiger partial charge in [-0.3, -0.25) is 29.2 Å². The second-order valence-corrected chi connectivity index (χ2v) is 10.7. The number of nitrogens with zero attached hydrogens (tertiary/aromatic N) is 6. The van der Waals surface area contributed by atoms with E-state index in [1.807, 2.05) is 32.0 Å². The Labute approximate surface area is 237 Å². The van der Waals surface area contributed by atoms with E-state index in [-0.39, 0.29) is 36.7 Å². The van der Waals surface area contributed by atoms with E-state index in [0.717, 1.165) is 16.8 Å². The smallest absolute Gasteiger partial charge is 0.250 e. The number of imidazole rings is 1. The Balaban J connectivity index is 1.35. The monoisotopic (exact) mass is 561 g/mol. The van der Waals surface area contributed by atoms with Gasteiger partial charge in [-0.05, 0) is 29.9 Å². The molecule has 13 nitrogen and oxygen atoms in total. The molecule has 0 fully saturated rings. The lowest BCUT2D eigenvalue weighted by atomic mass is 9.96. The van der Waals surface area contributed by atoms with E-state index in [1.165, 1.54) is 4.90 Å². The first-order valence-corrected chi connectivity index (χ1v) is 13.9. The van der Waals surface area contributed by atoms with Gasteiger partial charge < -0.3 is 20.1 Å². The van der Waals surface area contributed by atoms with Gasteiger partial charge in [0.25, 0.3) is 0 Å². The van der Waals surface area contributed by atoms with Crippen LogP contribution in [-0.4, -0.2) is 78.7 Å². The Hall–Kier alpha value is -4.55. The SMILES string of the molecule is CC[C@H](C)[C@@H](C(=O)N[C@H]1CCc2cccc3c2N(C1=O)[C@H](C(=O)NCc1c[nH]nn1)C3)N(C)C(=O)Cn1ccnc1. The molecule has 4 heterocycles. The molecule has 0 aliphatic carbocycles. The summed E-state index contributed by atoms with van der Waals surface area (Å²) in [6.07, 6.45) is 8.40. The van der Waals surface area contributed by atoms with Crippen LogP contribution in [0.15, 0.2) is 43.1 Å². The fourth-order valence-electron chi connectivity index (χ4n) is 5.68. The van der Waals surface area contributed by atoms with Crippen LogP contribution in [0, 0.1) is 5.92 Å². The molecule has 2 aromatic heterocycles. The number of hydrogen-bond acceptors (Lipinski definition) is 7. The van der Waals surface area contributed by atoms with E-state index in [9.17, 15) is 19.2 Å². The number of aromatic nitrogens is 5. The number of para-hydroxylation sites is 1. The number of nitrogens with one attached hydrogen (secondary N) is 3. The van der Waals surface area contributed by atoms with Crippen LogP contribution in [0.5, 0.6) is 0 Å². The van der Waals surface area contributed by atoms with Crippen LogP contribution in [-0.2, 0) is 45.1 Å². The van der Waals surface area contributed by atoms with Gasteiger partial charge in [-0.2, -0.15) is 0 Å². The number of carbonyl (C=O) groups is 4. The van der Waals surface area contributed by atoms with Crippen LogP contribution in [0.1, 0.15) is 43.5 Å². The van der Waals surface area contributed by atoms with Crippen LogP contribution in [0.4, 0.5) is 5.69 Å². The van der Waals surface area contributed by atoms with Crippen molar-refractivity contribution < 1.29 is 19.2 Å². The van der Waals surface area contributed by atoms with Gasteiger partial charge in [0.15, 0.2) is 0 Å². The van der Waals surface area contributed by atoms with Crippen molar-refractivity contribution in [2.24, 2.45) is 5.92 Å². The Morgan fingerprint density at radius 1 is 1.24 bits per heavy atom. The Morgan fingerprint density at radius 3 is 2.76 bits per heavy atom. The Kier molecular flexibility index (Phi) is 8.13. The van der Waals surface area contributed by atoms with Crippen LogP contribution in [0.25, 0.3) is 0 Å². The van der Waals surface area contributed by atoms with Crippen molar-refractivity contribution in [1.29, 1.82) is 0 Å². The molecule has 0 spiro atoms. The second kappa shape index (κ2) is 11.9. The number of anilines is 1. The van der Waals surface area contributed by atoms with Crippen LogP contribution < -0.4 is 15.5 Å². The van der Waals surface area contributed by atoms with Gasteiger partial charge in [-0.1, -0.05) is 43.7 Å². The number of aromatic amines is 1. The zero-order valence-electron chi connectivity index (χ0n) is 23.4. The number of likely N-dealkylation sites (N-methyl/N-ethyl adjacent to an activating group) is 1. The number of hydrogen-bond donors (Lipinski definition) is 3. The molecule has 216 valence electrons. The molecule has 0 radical (unpaired) electrons. The summed E-state index contributed by atoms with van der Waals surface area (Å²) in [5, 5.41) is 16.0. The van der Waals surface area contributed by atoms with Crippen LogP contribution >= 0.6 is 0 Å². The minimum Gasteiger partial charge on any atom is -0.348 e. The number of H-pyrrole nitrogens is 1. The highest BCUT2D eigenvalue weighted by Crippen LogP contribution is 2.39. The molecule has 0 unspecified atom stereocenters. The minimum atomic E-state index is -0.851. The molecule has 5 rings (SSSR count). The minimum absolute atomic E-state index is 0.0517. The van der Waals surface area contributed by atoms with Crippen LogP contribution in [0.3, 0.4) is 0 Å². The van der Waals surface area contributed by atoms with Gasteiger partial charge in [-0.25, -0.2) is 4.98 Å². The first kappa shape index (κ1) is 28.0. The maximum absolute atomic E-state index is 14.0. The molecule has 1 aromatic carbocycles. The van der Waals surface area contributed by atoms with Crippen molar-refractivity contribution in [3.63, 3.8) is 0 Å². The van der Waals surface area contributed by atoms with E-state index >= 15 is 0 Å². The topological polar surface area (TPSA) is 158 Å². The summed E-state index contributed by atoms with van der Waals surface area (Å²) in [6, 6.07) is 3.45. The molecule has 2 aliphatic heterocycles. The molecule has 0 bridgehead atoms. The van der Waals surface area contributed by atoms with Crippen molar-refractivity contribution >= 4 is 29.3 Å². The number of benzene rings is 1. The van der Waals surface area contributed by atoms with Crippen molar-refractivity contribution in [3.05, 3.63) is 59.9 Å². The molecule has 0 saturated carbocycles. The standard InChI is InChI=1S/C28H35N9O4/c1-4-17(2)24(35(3)23(38)15-36-11-10-29-16-36)27(40)32-21-9-8-18-6-5-7-19-12-22(37(25(18)19)28(21)41)26(39)30-13-20-14-31-34-33-20/h5-7,10-11,14,16-17,21-22,24H,4,8-9,12-13,15H2,1-3H3,(H,30,39)(H,32,40)(H,31,33,34)/t17-,21-,22-,24-/m0/s1. The first-order valence-electron chi connectivity index (χ1n) is 13.9. The lowest BCUT2D eigenvalue weighted by molar-refractivity contribution is -0.142. The van der Waals surface area contributed by atoms with Crippen LogP contribution in [0.2, 0.25) is 0 Å². The third-order valence-electron chi connectivity index (χ3n) is 8.08. The van der Waals surface area contributed by atoms with E-state index < -0.39 is 24.0 Å². The predicted octanol–water partition coefficient (Wildman–Crippen LogP) is 0.580. The zero-order chi connectivity index (χ0) is 29.1. The summed E-state index contributed by atoms with van der Waals surface area (Å²) in [5.41, 5.74) is 3.21. The summed E-state index contributed by atoms with van der Waals surface area (Å²) >= 11 is 0. The number of carbonyl (C=O) groups excluding carboxylic acids is 4. The van der Waals surface area contributed by atoms with Gasteiger partial charge in [0, 0.05) is 32.1 Å². The highest BCUT2D eigenvalue weighted by molar-refractivity contribution is 6.08. The Morgan fingerprint density at radius 2 is 2.05 bits per heavy atom. The van der Waals surface area contributed by atoms with Gasteiger partial charge in [-0.15, -0.1) is 5.10 Å². The lowest BCUT2D eigenvalue weighted by Gasteiger charge is -2.33. The normalized spacial score (nSPS) is 19.2. The number of rotatable bonds is 10. The van der Waals surface area contributed by atoms with E-state index in [0.29, 0.717) is 31.4 Å². The van der Waals surface area contributed by atoms with Crippen molar-refractivity contribution in [1.82, 2.24) is 40.5 Å². The summed E-state index contributed by atoms with van der Waals surface area (Å²) < 4.78 is 1.65. The van der Waals surface area contributed by atoms with E-state index in [2.05, 4.69) is 31.0 Å². The summed E-state index contributed by atoms with van der Waals surface area (Å²) in [7, 11) is 1.61. The highest BCUT2D eigenvalue weighted by atomic mass is 16.2. The summed E-state index contributed by atoms with van der Waals surface area (Å²) in [5.74, 6) is -1.43. The maximum atomic E-state index is 14.0. The highest BCUT2D eigenvalue weighted by Gasteiger charge is 2.44. The van der Waals surface area contributed by atoms with Gasteiger partial charge in [0.2, 0.25) is 23.6 Å². The molecule has 41 heavy (non-hydrogen) atoms. The molecule has 13 heteroatoms. The second-order valence-electron chi connectivity index (χ2n) is 10.7. The molecule has 4 amide bonds. The van der Waals surface area contributed by atoms with Crippen molar-refractivity contribution in [3.8, 4) is 0 Å². The fraction of sp³-hybridized carbons (Fsp3) is 0.464. The molecular weight excluding hydrogens is 526 g/mol. The van der Waals surface area contributed by atoms with E-state index in [4.69, 9.17) is 0 Å². The summed E-state index contributed by atoms with van der Waals surface area (Å²) in [4.78, 5) is 61.2. The summed E-state index contributed by atoms with van der Waals surface area (Å²) in [6.45, 7) is 4.10. The largest absolute Gasteiger partial charge is 0.348 e. The number of amides is 4. The molecule has 3 N–H and O–H groups in total. The molecule has 0 saturated heterocycles. The Bertz CT molecular complexity index is 1410. The third-order valence-corrected chi connectivity index (χ3v) is 8.08. The van der Waals surface area contributed by atoms with Gasteiger partial charge in [0.1, 0.15) is 30.4 Å². The van der Waals surface area contributed by atoms with Crippen molar-refractivity contribution in [2.75, 3.05) is 11.9 Å². The fourth-order valence-corrected chi connectivity index (χ4v) is 5.68. The maximum Gasteiger partial charge on any atom is 0.250 e.